The maximum atomic E-state index is 13.2. The van der Waals surface area contributed by atoms with E-state index in [1.54, 1.807) is 34.8 Å². The molecule has 1 aromatic carbocycles. The number of nitrogens with zero attached hydrogens (tertiary/aromatic N) is 3. The lowest BCUT2D eigenvalue weighted by atomic mass is 9.98. The standard InChI is InChI=1S/C22H18ClN3O2S2/c23-15-5-3-14(4-6-15)22-24-19(28-25-22)7-8-20(27)26-11-9-17-16(10-13-30-17)21(26)18-2-1-12-29-18/h1-6,10,12-13,21H,7-9,11H2/t21-/m0/s1. The van der Waals surface area contributed by atoms with Gasteiger partial charge in [0.15, 0.2) is 0 Å². The van der Waals surface area contributed by atoms with Crippen LogP contribution in [0.3, 0.4) is 0 Å². The highest BCUT2D eigenvalue weighted by molar-refractivity contribution is 7.10. The summed E-state index contributed by atoms with van der Waals surface area (Å²) in [6, 6.07) is 13.6. The molecule has 5 rings (SSSR count). The molecule has 3 aromatic heterocycles. The van der Waals surface area contributed by atoms with E-state index in [4.69, 9.17) is 16.1 Å². The van der Waals surface area contributed by atoms with Crippen LogP contribution in [-0.2, 0) is 17.6 Å². The van der Waals surface area contributed by atoms with Crippen molar-refractivity contribution in [1.29, 1.82) is 0 Å². The van der Waals surface area contributed by atoms with Crippen molar-refractivity contribution in [1.82, 2.24) is 15.0 Å². The summed E-state index contributed by atoms with van der Waals surface area (Å²) in [6.45, 7) is 0.731. The smallest absolute Gasteiger partial charge is 0.227 e. The van der Waals surface area contributed by atoms with Crippen LogP contribution in [0.5, 0.6) is 0 Å². The van der Waals surface area contributed by atoms with Gasteiger partial charge in [-0.1, -0.05) is 22.8 Å². The Morgan fingerprint density at radius 1 is 1.17 bits per heavy atom. The quantitative estimate of drug-likeness (QED) is 0.392. The molecule has 0 radical (unpaired) electrons. The predicted molar refractivity (Wildman–Crippen MR) is 119 cm³/mol. The molecule has 8 heteroatoms. The topological polar surface area (TPSA) is 59.2 Å². The number of benzene rings is 1. The molecule has 0 unspecified atom stereocenters. The average molecular weight is 456 g/mol. The number of halogens is 1. The fraction of sp³-hybridized carbons (Fsp3) is 0.227. The Kier molecular flexibility index (Phi) is 5.41. The first-order valence-electron chi connectivity index (χ1n) is 9.67. The summed E-state index contributed by atoms with van der Waals surface area (Å²) < 4.78 is 5.37. The number of carbonyl (C=O) groups excluding carboxylic acids is 1. The van der Waals surface area contributed by atoms with Gasteiger partial charge in [0.25, 0.3) is 0 Å². The molecule has 4 aromatic rings. The van der Waals surface area contributed by atoms with Crippen LogP contribution in [0.2, 0.25) is 5.02 Å². The van der Waals surface area contributed by atoms with Crippen LogP contribution in [0.15, 0.2) is 57.7 Å². The second kappa shape index (κ2) is 8.34. The number of aromatic nitrogens is 2. The van der Waals surface area contributed by atoms with E-state index in [-0.39, 0.29) is 11.9 Å². The fourth-order valence-electron chi connectivity index (χ4n) is 3.77. The molecule has 1 aliphatic rings. The van der Waals surface area contributed by atoms with Gasteiger partial charge in [0, 0.05) is 39.7 Å². The molecule has 0 saturated carbocycles. The molecule has 0 spiro atoms. The van der Waals surface area contributed by atoms with E-state index < -0.39 is 0 Å². The van der Waals surface area contributed by atoms with Gasteiger partial charge in [-0.3, -0.25) is 4.79 Å². The van der Waals surface area contributed by atoms with Crippen molar-refractivity contribution in [3.63, 3.8) is 0 Å². The molecule has 0 bridgehead atoms. The molecule has 5 nitrogen and oxygen atoms in total. The van der Waals surface area contributed by atoms with Crippen LogP contribution in [0.25, 0.3) is 11.4 Å². The Balaban J connectivity index is 1.30. The second-order valence-electron chi connectivity index (χ2n) is 7.07. The lowest BCUT2D eigenvalue weighted by Crippen LogP contribution is -2.39. The maximum Gasteiger partial charge on any atom is 0.227 e. The normalized spacial score (nSPS) is 15.9. The Bertz CT molecular complexity index is 1150. The summed E-state index contributed by atoms with van der Waals surface area (Å²) in [5, 5.41) is 8.88. The van der Waals surface area contributed by atoms with Crippen LogP contribution in [0, 0.1) is 0 Å². The molecular formula is C22H18ClN3O2S2. The number of aryl methyl sites for hydroxylation is 1. The Morgan fingerprint density at radius 3 is 2.83 bits per heavy atom. The number of carbonyl (C=O) groups is 1. The SMILES string of the molecule is O=C(CCc1nc(-c2ccc(Cl)cc2)no1)N1CCc2sccc2[C@H]1c1cccs1. The van der Waals surface area contributed by atoms with Crippen molar-refractivity contribution >= 4 is 40.2 Å². The van der Waals surface area contributed by atoms with E-state index >= 15 is 0 Å². The number of hydrogen-bond donors (Lipinski definition) is 0. The van der Waals surface area contributed by atoms with Gasteiger partial charge in [0.1, 0.15) is 0 Å². The zero-order valence-electron chi connectivity index (χ0n) is 16.0. The highest BCUT2D eigenvalue weighted by Crippen LogP contribution is 2.39. The lowest BCUT2D eigenvalue weighted by Gasteiger charge is -2.35. The van der Waals surface area contributed by atoms with Crippen molar-refractivity contribution in [2.45, 2.75) is 25.3 Å². The van der Waals surface area contributed by atoms with Gasteiger partial charge in [-0.05, 0) is 59.1 Å². The minimum atomic E-state index is -0.000173. The Morgan fingerprint density at radius 2 is 2.03 bits per heavy atom. The van der Waals surface area contributed by atoms with Gasteiger partial charge in [0.05, 0.1) is 6.04 Å². The van der Waals surface area contributed by atoms with E-state index in [1.807, 2.05) is 23.1 Å². The van der Waals surface area contributed by atoms with E-state index in [1.165, 1.54) is 15.3 Å². The van der Waals surface area contributed by atoms with E-state index in [0.717, 1.165) is 18.5 Å². The highest BCUT2D eigenvalue weighted by Gasteiger charge is 2.33. The summed E-state index contributed by atoms with van der Waals surface area (Å²) in [5.74, 6) is 1.08. The van der Waals surface area contributed by atoms with Gasteiger partial charge < -0.3 is 9.42 Å². The van der Waals surface area contributed by atoms with Gasteiger partial charge in [-0.25, -0.2) is 0 Å². The molecule has 0 saturated heterocycles. The molecule has 0 aliphatic carbocycles. The first-order chi connectivity index (χ1) is 14.7. The van der Waals surface area contributed by atoms with Crippen LogP contribution >= 0.6 is 34.3 Å². The van der Waals surface area contributed by atoms with Crippen LogP contribution in [0.4, 0.5) is 0 Å². The lowest BCUT2D eigenvalue weighted by molar-refractivity contribution is -0.133. The minimum Gasteiger partial charge on any atom is -0.339 e. The van der Waals surface area contributed by atoms with E-state index in [0.29, 0.717) is 29.6 Å². The largest absolute Gasteiger partial charge is 0.339 e. The van der Waals surface area contributed by atoms with Crippen molar-refractivity contribution in [2.75, 3.05) is 6.54 Å². The monoisotopic (exact) mass is 455 g/mol. The second-order valence-corrected chi connectivity index (χ2v) is 9.49. The highest BCUT2D eigenvalue weighted by atomic mass is 35.5. The third-order valence-corrected chi connectivity index (χ3v) is 7.40. The number of amides is 1. The molecule has 30 heavy (non-hydrogen) atoms. The molecule has 0 fully saturated rings. The zero-order chi connectivity index (χ0) is 20.5. The van der Waals surface area contributed by atoms with Gasteiger partial charge in [-0.2, -0.15) is 4.98 Å². The van der Waals surface area contributed by atoms with Gasteiger partial charge >= 0.3 is 0 Å². The van der Waals surface area contributed by atoms with Crippen LogP contribution < -0.4 is 0 Å². The predicted octanol–water partition coefficient (Wildman–Crippen LogP) is 5.62. The zero-order valence-corrected chi connectivity index (χ0v) is 18.3. The number of rotatable bonds is 5. The minimum absolute atomic E-state index is 0.000173. The number of thiophene rings is 2. The molecule has 4 heterocycles. The summed E-state index contributed by atoms with van der Waals surface area (Å²) in [6.07, 6.45) is 1.66. The first-order valence-corrected chi connectivity index (χ1v) is 11.8. The van der Waals surface area contributed by atoms with Crippen molar-refractivity contribution in [3.05, 3.63) is 79.5 Å². The summed E-state index contributed by atoms with van der Waals surface area (Å²) in [4.78, 5) is 22.2. The molecule has 152 valence electrons. The first kappa shape index (κ1) is 19.5. The van der Waals surface area contributed by atoms with E-state index in [9.17, 15) is 4.79 Å². The molecular weight excluding hydrogens is 438 g/mol. The summed E-state index contributed by atoms with van der Waals surface area (Å²) >= 11 is 9.40. The molecule has 1 atom stereocenters. The Hall–Kier alpha value is -2.48. The number of fused-ring (bicyclic) bond motifs is 1. The van der Waals surface area contributed by atoms with Gasteiger partial charge in [0.2, 0.25) is 17.6 Å². The third-order valence-electron chi connectivity index (χ3n) is 5.22. The van der Waals surface area contributed by atoms with E-state index in [2.05, 4.69) is 33.0 Å². The van der Waals surface area contributed by atoms with Gasteiger partial charge in [-0.15, -0.1) is 22.7 Å². The summed E-state index contributed by atoms with van der Waals surface area (Å²) in [7, 11) is 0. The van der Waals surface area contributed by atoms with Crippen molar-refractivity contribution in [3.8, 4) is 11.4 Å². The molecule has 0 N–H and O–H groups in total. The maximum absolute atomic E-state index is 13.2. The van der Waals surface area contributed by atoms with Crippen LogP contribution in [0.1, 0.15) is 33.7 Å². The van der Waals surface area contributed by atoms with Crippen molar-refractivity contribution < 1.29 is 9.32 Å². The fourth-order valence-corrected chi connectivity index (χ4v) is 5.65. The Labute approximate surface area is 186 Å². The average Bonchev–Trinajstić information content (AvgIpc) is 3.53. The number of hydrogen-bond acceptors (Lipinski definition) is 6. The third kappa shape index (κ3) is 3.80. The summed E-state index contributed by atoms with van der Waals surface area (Å²) in [5.41, 5.74) is 2.09. The molecule has 1 aliphatic heterocycles. The van der Waals surface area contributed by atoms with Crippen LogP contribution in [-0.4, -0.2) is 27.5 Å². The van der Waals surface area contributed by atoms with Crippen molar-refractivity contribution in [2.24, 2.45) is 0 Å². The molecule has 1 amide bonds.